The van der Waals surface area contributed by atoms with Crippen molar-refractivity contribution in [2.24, 2.45) is 0 Å². The Kier molecular flexibility index (Phi) is 7.05. The summed E-state index contributed by atoms with van der Waals surface area (Å²) in [6.45, 7) is 2.65. The number of methoxy groups -OCH3 is 2. The highest BCUT2D eigenvalue weighted by Crippen LogP contribution is 2.27. The van der Waals surface area contributed by atoms with Crippen molar-refractivity contribution in [3.63, 3.8) is 0 Å². The second-order valence-electron chi connectivity index (χ2n) is 3.24. The van der Waals surface area contributed by atoms with Crippen LogP contribution in [-0.2, 0) is 4.74 Å². The molecular weight excluding hydrogens is 222 g/mol. The summed E-state index contributed by atoms with van der Waals surface area (Å²) < 4.78 is 10.2. The minimum Gasteiger partial charge on any atom is -0.496 e. The van der Waals surface area contributed by atoms with E-state index in [9.17, 15) is 0 Å². The van der Waals surface area contributed by atoms with Crippen molar-refractivity contribution >= 4 is 11.8 Å². The molecule has 0 bridgehead atoms. The van der Waals surface area contributed by atoms with Gasteiger partial charge in [0, 0.05) is 30.8 Å². The molecule has 0 heterocycles. The first kappa shape index (κ1) is 13.4. The minimum absolute atomic E-state index is 0.763. The Bertz CT molecular complexity index is 294. The SMILES string of the molecule is COCCNCCSc1ccccc1OC. The number of nitrogens with one attached hydrogen (secondary N) is 1. The van der Waals surface area contributed by atoms with Gasteiger partial charge >= 0.3 is 0 Å². The molecule has 1 N–H and O–H groups in total. The van der Waals surface area contributed by atoms with Gasteiger partial charge in [0.05, 0.1) is 13.7 Å². The molecule has 0 aliphatic heterocycles. The molecule has 4 heteroatoms. The van der Waals surface area contributed by atoms with Crippen molar-refractivity contribution in [1.82, 2.24) is 5.32 Å². The average Bonchev–Trinajstić information content (AvgIpc) is 2.34. The van der Waals surface area contributed by atoms with Crippen LogP contribution in [0.15, 0.2) is 29.2 Å². The normalized spacial score (nSPS) is 10.4. The van der Waals surface area contributed by atoms with Crippen molar-refractivity contribution in [2.45, 2.75) is 4.90 Å². The van der Waals surface area contributed by atoms with E-state index in [0.29, 0.717) is 0 Å². The topological polar surface area (TPSA) is 30.5 Å². The largest absolute Gasteiger partial charge is 0.496 e. The first-order valence-corrected chi connectivity index (χ1v) is 6.32. The van der Waals surface area contributed by atoms with Gasteiger partial charge in [0.25, 0.3) is 0 Å². The van der Waals surface area contributed by atoms with Crippen molar-refractivity contribution in [3.05, 3.63) is 24.3 Å². The van der Waals surface area contributed by atoms with Crippen LogP contribution in [0.1, 0.15) is 0 Å². The lowest BCUT2D eigenvalue weighted by Gasteiger charge is -2.08. The standard InChI is InChI=1S/C12H19NO2S/c1-14-9-7-13-8-10-16-12-6-4-3-5-11(12)15-2/h3-6,13H,7-10H2,1-2H3. The summed E-state index contributed by atoms with van der Waals surface area (Å²) in [6, 6.07) is 8.09. The zero-order valence-corrected chi connectivity index (χ0v) is 10.7. The Morgan fingerprint density at radius 3 is 2.75 bits per heavy atom. The monoisotopic (exact) mass is 241 g/mol. The highest BCUT2D eigenvalue weighted by molar-refractivity contribution is 7.99. The van der Waals surface area contributed by atoms with Crippen LogP contribution in [0.5, 0.6) is 5.75 Å². The third-order valence-corrected chi connectivity index (χ3v) is 3.14. The van der Waals surface area contributed by atoms with E-state index in [1.807, 2.05) is 18.2 Å². The van der Waals surface area contributed by atoms with Gasteiger partial charge in [-0.3, -0.25) is 0 Å². The lowest BCUT2D eigenvalue weighted by molar-refractivity contribution is 0.200. The fourth-order valence-corrected chi connectivity index (χ4v) is 2.21. The fraction of sp³-hybridized carbons (Fsp3) is 0.500. The van der Waals surface area contributed by atoms with E-state index in [-0.39, 0.29) is 0 Å². The third kappa shape index (κ3) is 4.88. The molecule has 0 saturated carbocycles. The van der Waals surface area contributed by atoms with Crippen LogP contribution >= 0.6 is 11.8 Å². The van der Waals surface area contributed by atoms with Crippen LogP contribution in [0, 0.1) is 0 Å². The fourth-order valence-electron chi connectivity index (χ4n) is 1.27. The van der Waals surface area contributed by atoms with Crippen LogP contribution in [0.4, 0.5) is 0 Å². The lowest BCUT2D eigenvalue weighted by atomic mass is 10.3. The molecular formula is C12H19NO2S. The van der Waals surface area contributed by atoms with E-state index in [0.717, 1.165) is 31.2 Å². The van der Waals surface area contributed by atoms with Crippen LogP contribution in [0.2, 0.25) is 0 Å². The molecule has 0 aliphatic rings. The smallest absolute Gasteiger partial charge is 0.132 e. The molecule has 90 valence electrons. The van der Waals surface area contributed by atoms with Gasteiger partial charge in [-0.25, -0.2) is 0 Å². The number of ether oxygens (including phenoxy) is 2. The molecule has 0 radical (unpaired) electrons. The molecule has 0 spiro atoms. The summed E-state index contributed by atoms with van der Waals surface area (Å²) in [5, 5.41) is 3.31. The Labute approximate surface area is 102 Å². The quantitative estimate of drug-likeness (QED) is 0.557. The molecule has 0 saturated heterocycles. The van der Waals surface area contributed by atoms with Gasteiger partial charge < -0.3 is 14.8 Å². The summed E-state index contributed by atoms with van der Waals surface area (Å²) in [5.74, 6) is 1.98. The molecule has 1 aromatic carbocycles. The zero-order chi connectivity index (χ0) is 11.6. The number of benzene rings is 1. The minimum atomic E-state index is 0.763. The summed E-state index contributed by atoms with van der Waals surface area (Å²) in [4.78, 5) is 1.19. The summed E-state index contributed by atoms with van der Waals surface area (Å²) in [7, 11) is 3.42. The van der Waals surface area contributed by atoms with Gasteiger partial charge in [-0.1, -0.05) is 12.1 Å². The van der Waals surface area contributed by atoms with Crippen molar-refractivity contribution in [1.29, 1.82) is 0 Å². The van der Waals surface area contributed by atoms with Crippen molar-refractivity contribution in [3.8, 4) is 5.75 Å². The predicted molar refractivity (Wildman–Crippen MR) is 68.5 cm³/mol. The Hall–Kier alpha value is -0.710. The van der Waals surface area contributed by atoms with Gasteiger partial charge in [0.1, 0.15) is 5.75 Å². The van der Waals surface area contributed by atoms with E-state index in [1.165, 1.54) is 4.90 Å². The molecule has 0 aromatic heterocycles. The van der Waals surface area contributed by atoms with Crippen molar-refractivity contribution < 1.29 is 9.47 Å². The first-order chi connectivity index (χ1) is 7.88. The predicted octanol–water partition coefficient (Wildman–Crippen LogP) is 2.02. The van der Waals surface area contributed by atoms with Gasteiger partial charge in [-0.2, -0.15) is 0 Å². The second-order valence-corrected chi connectivity index (χ2v) is 4.38. The van der Waals surface area contributed by atoms with E-state index in [1.54, 1.807) is 26.0 Å². The molecule has 3 nitrogen and oxygen atoms in total. The van der Waals surface area contributed by atoms with Gasteiger partial charge in [-0.15, -0.1) is 11.8 Å². The molecule has 0 atom stereocenters. The molecule has 0 fully saturated rings. The average molecular weight is 241 g/mol. The number of thioether (sulfide) groups is 1. The number of rotatable bonds is 8. The maximum atomic E-state index is 5.28. The van der Waals surface area contributed by atoms with E-state index >= 15 is 0 Å². The third-order valence-electron chi connectivity index (χ3n) is 2.09. The maximum absolute atomic E-state index is 5.28. The van der Waals surface area contributed by atoms with Gasteiger partial charge in [0.2, 0.25) is 0 Å². The molecule has 0 unspecified atom stereocenters. The number of hydrogen-bond donors (Lipinski definition) is 1. The molecule has 16 heavy (non-hydrogen) atoms. The summed E-state index contributed by atoms with van der Waals surface area (Å²) >= 11 is 1.80. The van der Waals surface area contributed by atoms with E-state index in [4.69, 9.17) is 9.47 Å². The van der Waals surface area contributed by atoms with Crippen LogP contribution < -0.4 is 10.1 Å². The Balaban J connectivity index is 2.21. The molecule has 0 aliphatic carbocycles. The molecule has 1 rings (SSSR count). The Morgan fingerprint density at radius 1 is 1.19 bits per heavy atom. The molecule has 1 aromatic rings. The van der Waals surface area contributed by atoms with E-state index < -0.39 is 0 Å². The number of hydrogen-bond acceptors (Lipinski definition) is 4. The Morgan fingerprint density at radius 2 is 2.00 bits per heavy atom. The lowest BCUT2D eigenvalue weighted by Crippen LogP contribution is -2.21. The van der Waals surface area contributed by atoms with Gasteiger partial charge in [0.15, 0.2) is 0 Å². The second kappa shape index (κ2) is 8.44. The summed E-state index contributed by atoms with van der Waals surface area (Å²) in [6.07, 6.45) is 0. The highest BCUT2D eigenvalue weighted by Gasteiger charge is 2.00. The molecule has 0 amide bonds. The highest BCUT2D eigenvalue weighted by atomic mass is 32.2. The number of para-hydroxylation sites is 1. The summed E-state index contributed by atoms with van der Waals surface area (Å²) in [5.41, 5.74) is 0. The van der Waals surface area contributed by atoms with Crippen LogP contribution in [0.3, 0.4) is 0 Å². The van der Waals surface area contributed by atoms with Crippen LogP contribution in [-0.4, -0.2) is 39.7 Å². The maximum Gasteiger partial charge on any atom is 0.132 e. The van der Waals surface area contributed by atoms with Crippen molar-refractivity contribution in [2.75, 3.05) is 39.7 Å². The first-order valence-electron chi connectivity index (χ1n) is 5.34. The van der Waals surface area contributed by atoms with Gasteiger partial charge in [-0.05, 0) is 12.1 Å². The van der Waals surface area contributed by atoms with Crippen LogP contribution in [0.25, 0.3) is 0 Å². The van der Waals surface area contributed by atoms with E-state index in [2.05, 4.69) is 11.4 Å². The zero-order valence-electron chi connectivity index (χ0n) is 9.86.